The maximum Gasteiger partial charge on any atom is 0.282 e. The van der Waals surface area contributed by atoms with Gasteiger partial charge in [0.25, 0.3) is 11.8 Å². The molecule has 0 atom stereocenters. The van der Waals surface area contributed by atoms with Crippen LogP contribution in [0.15, 0.2) is 78.5 Å². The van der Waals surface area contributed by atoms with Crippen LogP contribution in [0.4, 0.5) is 11.4 Å². The molecule has 4 rings (SSSR count). The molecule has 0 bridgehead atoms. The Labute approximate surface area is 183 Å². The summed E-state index contributed by atoms with van der Waals surface area (Å²) in [6.07, 6.45) is 0. The first-order chi connectivity index (χ1) is 14.9. The number of carbonyl (C=O) groups is 2. The summed E-state index contributed by atoms with van der Waals surface area (Å²) in [5.41, 5.74) is 6.12. The van der Waals surface area contributed by atoms with Gasteiger partial charge in [0.15, 0.2) is 0 Å². The van der Waals surface area contributed by atoms with E-state index in [0.717, 1.165) is 16.8 Å². The van der Waals surface area contributed by atoms with Crippen molar-refractivity contribution in [2.75, 3.05) is 10.2 Å². The first-order valence-electron chi connectivity index (χ1n) is 10.5. The van der Waals surface area contributed by atoms with Crippen LogP contribution in [-0.2, 0) is 9.59 Å². The molecule has 3 aromatic carbocycles. The van der Waals surface area contributed by atoms with Gasteiger partial charge in [-0.2, -0.15) is 0 Å². The molecule has 0 unspecified atom stereocenters. The normalized spacial score (nSPS) is 14.0. The highest BCUT2D eigenvalue weighted by atomic mass is 16.2. The number of nitrogens with one attached hydrogen (secondary N) is 1. The highest BCUT2D eigenvalue weighted by molar-refractivity contribution is 6.46. The molecule has 0 fully saturated rings. The summed E-state index contributed by atoms with van der Waals surface area (Å²) < 4.78 is 0. The lowest BCUT2D eigenvalue weighted by Gasteiger charge is -2.17. The fourth-order valence-electron chi connectivity index (χ4n) is 3.71. The summed E-state index contributed by atoms with van der Waals surface area (Å²) in [6.45, 7) is 8.26. The average Bonchev–Trinajstić information content (AvgIpc) is 3.00. The second kappa shape index (κ2) is 8.23. The molecule has 2 amide bonds. The number of benzene rings is 3. The van der Waals surface area contributed by atoms with Gasteiger partial charge in [-0.3, -0.25) is 9.59 Å². The molecule has 1 aliphatic heterocycles. The number of anilines is 2. The number of hydrogen-bond donors (Lipinski definition) is 1. The minimum Gasteiger partial charge on any atom is -0.350 e. The third-order valence-electron chi connectivity index (χ3n) is 5.74. The van der Waals surface area contributed by atoms with Crippen LogP contribution in [0.3, 0.4) is 0 Å². The van der Waals surface area contributed by atoms with Crippen molar-refractivity contribution in [1.82, 2.24) is 0 Å². The Hall–Kier alpha value is -3.66. The summed E-state index contributed by atoms with van der Waals surface area (Å²) in [5, 5.41) is 3.23. The second-order valence-electron chi connectivity index (χ2n) is 8.23. The fraction of sp³-hybridized carbons (Fsp3) is 0.185. The molecule has 3 aromatic rings. The highest BCUT2D eigenvalue weighted by Crippen LogP contribution is 2.34. The first kappa shape index (κ1) is 20.6. The third-order valence-corrected chi connectivity index (χ3v) is 5.74. The van der Waals surface area contributed by atoms with Gasteiger partial charge in [0.1, 0.15) is 5.70 Å². The number of hydrogen-bond acceptors (Lipinski definition) is 3. The van der Waals surface area contributed by atoms with Crippen LogP contribution in [0.25, 0.3) is 5.57 Å². The Kier molecular flexibility index (Phi) is 5.47. The lowest BCUT2D eigenvalue weighted by molar-refractivity contribution is -0.120. The van der Waals surface area contributed by atoms with Crippen molar-refractivity contribution in [2.24, 2.45) is 0 Å². The van der Waals surface area contributed by atoms with E-state index in [1.54, 1.807) is 0 Å². The maximum atomic E-state index is 13.5. The molecular formula is C27H26N2O2. The maximum absolute atomic E-state index is 13.5. The van der Waals surface area contributed by atoms with Crippen LogP contribution in [-0.4, -0.2) is 11.8 Å². The Morgan fingerprint density at radius 2 is 1.45 bits per heavy atom. The molecule has 4 heteroatoms. The predicted molar refractivity (Wildman–Crippen MR) is 126 cm³/mol. The van der Waals surface area contributed by atoms with E-state index in [2.05, 4.69) is 19.2 Å². The zero-order valence-electron chi connectivity index (χ0n) is 18.3. The van der Waals surface area contributed by atoms with Crippen molar-refractivity contribution in [3.63, 3.8) is 0 Å². The Bertz CT molecular complexity index is 1180. The molecule has 1 N–H and O–H groups in total. The van der Waals surface area contributed by atoms with Gasteiger partial charge in [0.2, 0.25) is 0 Å². The standard InChI is InChI=1S/C27H26N2O2/c1-17(2)20-11-13-22(14-12-20)28-25-24(21-8-6-5-7-9-21)26(30)29(27(25)31)23-15-10-18(3)19(4)16-23/h5-17,28H,1-4H3. The molecule has 0 aromatic heterocycles. The van der Waals surface area contributed by atoms with Crippen molar-refractivity contribution < 1.29 is 9.59 Å². The van der Waals surface area contributed by atoms with Crippen molar-refractivity contribution in [1.29, 1.82) is 0 Å². The topological polar surface area (TPSA) is 49.4 Å². The molecule has 0 saturated heterocycles. The molecular weight excluding hydrogens is 384 g/mol. The van der Waals surface area contributed by atoms with Crippen LogP contribution >= 0.6 is 0 Å². The Morgan fingerprint density at radius 3 is 2.06 bits per heavy atom. The largest absolute Gasteiger partial charge is 0.350 e. The van der Waals surface area contributed by atoms with E-state index in [9.17, 15) is 9.59 Å². The highest BCUT2D eigenvalue weighted by Gasteiger charge is 2.40. The van der Waals surface area contributed by atoms with Crippen molar-refractivity contribution >= 4 is 28.8 Å². The van der Waals surface area contributed by atoms with Crippen molar-refractivity contribution in [3.8, 4) is 0 Å². The van der Waals surface area contributed by atoms with Gasteiger partial charge in [0, 0.05) is 5.69 Å². The number of nitrogens with zero attached hydrogens (tertiary/aromatic N) is 1. The summed E-state index contributed by atoms with van der Waals surface area (Å²) in [5.74, 6) is -0.246. The van der Waals surface area contributed by atoms with Gasteiger partial charge in [-0.25, -0.2) is 4.90 Å². The van der Waals surface area contributed by atoms with E-state index in [-0.39, 0.29) is 11.8 Å². The molecule has 0 aliphatic carbocycles. The number of carbonyl (C=O) groups excluding carboxylic acids is 2. The fourth-order valence-corrected chi connectivity index (χ4v) is 3.71. The third kappa shape index (κ3) is 3.89. The first-order valence-corrected chi connectivity index (χ1v) is 10.5. The van der Waals surface area contributed by atoms with Gasteiger partial charge in [-0.15, -0.1) is 0 Å². The number of aryl methyl sites for hydroxylation is 2. The van der Waals surface area contributed by atoms with Gasteiger partial charge < -0.3 is 5.32 Å². The van der Waals surface area contributed by atoms with E-state index in [1.807, 2.05) is 86.6 Å². The molecule has 156 valence electrons. The molecule has 31 heavy (non-hydrogen) atoms. The van der Waals surface area contributed by atoms with E-state index >= 15 is 0 Å². The smallest absolute Gasteiger partial charge is 0.282 e. The van der Waals surface area contributed by atoms with Crippen molar-refractivity contribution in [3.05, 3.63) is 101 Å². The minimum absolute atomic E-state index is 0.298. The summed E-state index contributed by atoms with van der Waals surface area (Å²) in [7, 11) is 0. The number of amides is 2. The molecule has 1 heterocycles. The van der Waals surface area contributed by atoms with Gasteiger partial charge in [-0.1, -0.05) is 62.4 Å². The number of rotatable bonds is 5. The minimum atomic E-state index is -0.347. The van der Waals surface area contributed by atoms with Crippen LogP contribution in [0, 0.1) is 13.8 Å². The van der Waals surface area contributed by atoms with Crippen LogP contribution in [0.1, 0.15) is 42.0 Å². The van der Waals surface area contributed by atoms with Gasteiger partial charge >= 0.3 is 0 Å². The lowest BCUT2D eigenvalue weighted by Crippen LogP contribution is -2.32. The summed E-state index contributed by atoms with van der Waals surface area (Å²) in [4.78, 5) is 28.2. The quantitative estimate of drug-likeness (QED) is 0.539. The van der Waals surface area contributed by atoms with Crippen LogP contribution in [0.5, 0.6) is 0 Å². The van der Waals surface area contributed by atoms with E-state index in [4.69, 9.17) is 0 Å². The molecule has 4 nitrogen and oxygen atoms in total. The van der Waals surface area contributed by atoms with E-state index < -0.39 is 0 Å². The van der Waals surface area contributed by atoms with Gasteiger partial charge in [0.05, 0.1) is 11.3 Å². The van der Waals surface area contributed by atoms with Crippen molar-refractivity contribution in [2.45, 2.75) is 33.6 Å². The monoisotopic (exact) mass is 410 g/mol. The van der Waals surface area contributed by atoms with Crippen LogP contribution in [0.2, 0.25) is 0 Å². The Morgan fingerprint density at radius 1 is 0.774 bits per heavy atom. The molecule has 1 aliphatic rings. The SMILES string of the molecule is Cc1ccc(N2C(=O)C(Nc3ccc(C(C)C)cc3)=C(c3ccccc3)C2=O)cc1C. The average molecular weight is 411 g/mol. The van der Waals surface area contributed by atoms with Gasteiger partial charge in [-0.05, 0) is 66.3 Å². The molecule has 0 radical (unpaired) electrons. The molecule has 0 spiro atoms. The zero-order chi connectivity index (χ0) is 22.1. The van der Waals surface area contributed by atoms with Crippen LogP contribution < -0.4 is 10.2 Å². The lowest BCUT2D eigenvalue weighted by atomic mass is 10.0. The zero-order valence-corrected chi connectivity index (χ0v) is 18.3. The Balaban J connectivity index is 1.77. The second-order valence-corrected chi connectivity index (χ2v) is 8.23. The molecule has 0 saturated carbocycles. The van der Waals surface area contributed by atoms with E-state index in [0.29, 0.717) is 28.4 Å². The number of imide groups is 1. The summed E-state index contributed by atoms with van der Waals surface area (Å²) >= 11 is 0. The predicted octanol–water partition coefficient (Wildman–Crippen LogP) is 5.82. The van der Waals surface area contributed by atoms with E-state index in [1.165, 1.54) is 10.5 Å². The summed E-state index contributed by atoms with van der Waals surface area (Å²) in [6, 6.07) is 22.9.